The Hall–Kier alpha value is -0.700. The van der Waals surface area contributed by atoms with Gasteiger partial charge in [-0.25, -0.2) is 0 Å². The molecule has 1 aromatic carbocycles. The van der Waals surface area contributed by atoms with E-state index in [1.165, 1.54) is 4.31 Å². The molecule has 0 aliphatic carbocycles. The first-order valence-electron chi connectivity index (χ1n) is 9.11. The van der Waals surface area contributed by atoms with Crippen molar-refractivity contribution in [3.05, 3.63) is 35.9 Å². The van der Waals surface area contributed by atoms with Crippen LogP contribution >= 0.6 is 12.4 Å². The third kappa shape index (κ3) is 4.77. The Morgan fingerprint density at radius 1 is 1.19 bits per heavy atom. The second-order valence-electron chi connectivity index (χ2n) is 6.98. The van der Waals surface area contributed by atoms with Gasteiger partial charge >= 0.3 is 0 Å². The van der Waals surface area contributed by atoms with Crippen molar-refractivity contribution in [3.63, 3.8) is 0 Å². The standard InChI is InChI=1S/C18H29N3O3S.ClH/c1-3-7-17-14-24-15-18-13-20(10-11-21(17)18)25(22,23)19(2)12-16-8-5-4-6-9-16;/h4-6,8-9,17-18H,3,7,10-15H2,1-2H3;1H/t17-,18+;/m0./s1. The van der Waals surface area contributed by atoms with E-state index in [2.05, 4.69) is 11.8 Å². The molecule has 2 heterocycles. The summed E-state index contributed by atoms with van der Waals surface area (Å²) in [5.74, 6) is 0. The molecule has 148 valence electrons. The fourth-order valence-corrected chi connectivity index (χ4v) is 5.20. The molecule has 0 N–H and O–H groups in total. The number of hydrogen-bond acceptors (Lipinski definition) is 4. The van der Waals surface area contributed by atoms with Gasteiger partial charge in [0.05, 0.1) is 13.2 Å². The molecule has 8 heteroatoms. The fourth-order valence-electron chi connectivity index (χ4n) is 3.82. The quantitative estimate of drug-likeness (QED) is 0.728. The number of benzene rings is 1. The smallest absolute Gasteiger partial charge is 0.282 e. The first-order chi connectivity index (χ1) is 12.0. The second-order valence-corrected chi connectivity index (χ2v) is 9.01. The van der Waals surface area contributed by atoms with Gasteiger partial charge in [-0.3, -0.25) is 4.90 Å². The minimum absolute atomic E-state index is 0. The molecule has 0 amide bonds. The molecule has 2 aliphatic rings. The first kappa shape index (κ1) is 21.6. The number of rotatable bonds is 6. The van der Waals surface area contributed by atoms with Crippen LogP contribution in [0.2, 0.25) is 0 Å². The van der Waals surface area contributed by atoms with E-state index in [0.29, 0.717) is 32.3 Å². The maximum atomic E-state index is 13.0. The highest BCUT2D eigenvalue weighted by atomic mass is 35.5. The molecule has 1 aromatic rings. The van der Waals surface area contributed by atoms with Gasteiger partial charge in [-0.1, -0.05) is 43.7 Å². The summed E-state index contributed by atoms with van der Waals surface area (Å²) in [5.41, 5.74) is 0.997. The average molecular weight is 404 g/mol. The summed E-state index contributed by atoms with van der Waals surface area (Å²) >= 11 is 0. The summed E-state index contributed by atoms with van der Waals surface area (Å²) in [6.45, 7) is 5.82. The van der Waals surface area contributed by atoms with Crippen molar-refractivity contribution < 1.29 is 13.2 Å². The summed E-state index contributed by atoms with van der Waals surface area (Å²) in [5, 5.41) is 0. The van der Waals surface area contributed by atoms with Crippen molar-refractivity contribution in [2.45, 2.75) is 38.4 Å². The van der Waals surface area contributed by atoms with Crippen molar-refractivity contribution in [2.75, 3.05) is 39.9 Å². The molecule has 26 heavy (non-hydrogen) atoms. The topological polar surface area (TPSA) is 53.1 Å². The van der Waals surface area contributed by atoms with Gasteiger partial charge < -0.3 is 4.74 Å². The van der Waals surface area contributed by atoms with Crippen LogP contribution in [0.5, 0.6) is 0 Å². The van der Waals surface area contributed by atoms with Crippen molar-refractivity contribution in [2.24, 2.45) is 0 Å². The normalized spacial score (nSPS) is 24.9. The lowest BCUT2D eigenvalue weighted by atomic mass is 10.0. The number of ether oxygens (including phenoxy) is 1. The van der Waals surface area contributed by atoms with Gasteiger partial charge in [-0.15, -0.1) is 12.4 Å². The summed E-state index contributed by atoms with van der Waals surface area (Å²) in [4.78, 5) is 2.45. The van der Waals surface area contributed by atoms with Crippen LogP contribution in [0.1, 0.15) is 25.3 Å². The molecule has 0 bridgehead atoms. The zero-order chi connectivity index (χ0) is 17.9. The third-order valence-corrected chi connectivity index (χ3v) is 7.07. The van der Waals surface area contributed by atoms with E-state index < -0.39 is 10.2 Å². The van der Waals surface area contributed by atoms with Crippen LogP contribution in [0.4, 0.5) is 0 Å². The molecule has 2 saturated heterocycles. The maximum absolute atomic E-state index is 13.0. The predicted octanol–water partition coefficient (Wildman–Crippen LogP) is 1.97. The fraction of sp³-hybridized carbons (Fsp3) is 0.667. The van der Waals surface area contributed by atoms with E-state index in [1.807, 2.05) is 30.3 Å². The highest BCUT2D eigenvalue weighted by molar-refractivity contribution is 7.86. The van der Waals surface area contributed by atoms with Crippen LogP contribution in [0, 0.1) is 0 Å². The maximum Gasteiger partial charge on any atom is 0.282 e. The van der Waals surface area contributed by atoms with Crippen LogP contribution < -0.4 is 0 Å². The summed E-state index contributed by atoms with van der Waals surface area (Å²) < 4.78 is 34.7. The molecule has 6 nitrogen and oxygen atoms in total. The van der Waals surface area contributed by atoms with E-state index in [-0.39, 0.29) is 18.4 Å². The van der Waals surface area contributed by atoms with Gasteiger partial charge in [0.2, 0.25) is 0 Å². The van der Waals surface area contributed by atoms with Crippen molar-refractivity contribution in [3.8, 4) is 0 Å². The Bertz CT molecular complexity index is 657. The van der Waals surface area contributed by atoms with Crippen molar-refractivity contribution >= 4 is 22.6 Å². The molecule has 0 radical (unpaired) electrons. The minimum atomic E-state index is -3.46. The minimum Gasteiger partial charge on any atom is -0.378 e. The Morgan fingerprint density at radius 2 is 1.92 bits per heavy atom. The molecule has 0 aromatic heterocycles. The molecular formula is C18H30ClN3O3S. The summed E-state index contributed by atoms with van der Waals surface area (Å²) in [7, 11) is -1.80. The lowest BCUT2D eigenvalue weighted by Gasteiger charge is -2.47. The largest absolute Gasteiger partial charge is 0.378 e. The number of nitrogens with zero attached hydrogens (tertiary/aromatic N) is 3. The molecule has 0 saturated carbocycles. The number of morpholine rings is 1. The van der Waals surface area contributed by atoms with Gasteiger partial charge in [0.25, 0.3) is 10.2 Å². The van der Waals surface area contributed by atoms with Crippen LogP contribution in [-0.2, 0) is 21.5 Å². The lowest BCUT2D eigenvalue weighted by molar-refractivity contribution is -0.0721. The summed E-state index contributed by atoms with van der Waals surface area (Å²) in [6.07, 6.45) is 2.23. The first-order valence-corrected chi connectivity index (χ1v) is 10.5. The molecule has 0 spiro atoms. The third-order valence-electron chi connectivity index (χ3n) is 5.17. The van der Waals surface area contributed by atoms with Crippen molar-refractivity contribution in [1.29, 1.82) is 0 Å². The molecule has 3 rings (SSSR count). The van der Waals surface area contributed by atoms with E-state index in [4.69, 9.17) is 4.74 Å². The molecule has 2 atom stereocenters. The summed E-state index contributed by atoms with van der Waals surface area (Å²) in [6, 6.07) is 10.3. The van der Waals surface area contributed by atoms with Crippen molar-refractivity contribution in [1.82, 2.24) is 13.5 Å². The van der Waals surface area contributed by atoms with E-state index in [0.717, 1.165) is 31.6 Å². The van der Waals surface area contributed by atoms with E-state index in [9.17, 15) is 8.42 Å². The Balaban J connectivity index is 0.00000243. The van der Waals surface area contributed by atoms with Gasteiger partial charge in [-0.05, 0) is 12.0 Å². The monoisotopic (exact) mass is 403 g/mol. The van der Waals surface area contributed by atoms with Crippen LogP contribution in [-0.4, -0.2) is 73.9 Å². The number of hydrogen-bond donors (Lipinski definition) is 0. The lowest BCUT2D eigenvalue weighted by Crippen LogP contribution is -2.63. The second kappa shape index (κ2) is 9.48. The van der Waals surface area contributed by atoms with Gasteiger partial charge in [0.1, 0.15) is 0 Å². The molecule has 0 unspecified atom stereocenters. The Morgan fingerprint density at radius 3 is 2.62 bits per heavy atom. The highest BCUT2D eigenvalue weighted by Crippen LogP contribution is 2.24. The Labute approximate surface area is 163 Å². The molecule has 2 aliphatic heterocycles. The van der Waals surface area contributed by atoms with Crippen LogP contribution in [0.15, 0.2) is 30.3 Å². The van der Waals surface area contributed by atoms with E-state index in [1.54, 1.807) is 11.4 Å². The number of fused-ring (bicyclic) bond motifs is 1. The van der Waals surface area contributed by atoms with Crippen LogP contribution in [0.3, 0.4) is 0 Å². The predicted molar refractivity (Wildman–Crippen MR) is 106 cm³/mol. The van der Waals surface area contributed by atoms with Gasteiger partial charge in [0, 0.05) is 45.3 Å². The average Bonchev–Trinajstić information content (AvgIpc) is 2.62. The zero-order valence-electron chi connectivity index (χ0n) is 15.6. The zero-order valence-corrected chi connectivity index (χ0v) is 17.2. The van der Waals surface area contributed by atoms with E-state index >= 15 is 0 Å². The Kier molecular flexibility index (Phi) is 7.88. The number of piperazine rings is 1. The van der Waals surface area contributed by atoms with Crippen LogP contribution in [0.25, 0.3) is 0 Å². The van der Waals surface area contributed by atoms with Gasteiger partial charge in [-0.2, -0.15) is 17.0 Å². The molecule has 2 fully saturated rings. The SMILES string of the molecule is CCC[C@H]1COC[C@H]2CN(S(=O)(=O)N(C)Cc3ccccc3)CCN12.Cl. The number of halogens is 1. The molecular weight excluding hydrogens is 374 g/mol. The van der Waals surface area contributed by atoms with Gasteiger partial charge in [0.15, 0.2) is 0 Å². The highest BCUT2D eigenvalue weighted by Gasteiger charge is 2.39.